The first-order chi connectivity index (χ1) is 6.56. The molecule has 4 heteroatoms. The smallest absolute Gasteiger partial charge is 0.257 e. The molecule has 14 heavy (non-hydrogen) atoms. The van der Waals surface area contributed by atoms with Gasteiger partial charge in [-0.1, -0.05) is 0 Å². The average Bonchev–Trinajstić information content (AvgIpc) is 2.44. The van der Waals surface area contributed by atoms with Crippen molar-refractivity contribution < 1.29 is 9.21 Å². The molecule has 0 atom stereocenters. The topological polar surface area (TPSA) is 57.2 Å². The van der Waals surface area contributed by atoms with Gasteiger partial charge in [0.2, 0.25) is 0 Å². The second-order valence-corrected chi connectivity index (χ2v) is 3.15. The van der Waals surface area contributed by atoms with E-state index in [4.69, 9.17) is 9.68 Å². The monoisotopic (exact) mass is 192 g/mol. The second-order valence-electron chi connectivity index (χ2n) is 3.15. The van der Waals surface area contributed by atoms with Gasteiger partial charge in [-0.25, -0.2) is 0 Å². The fraction of sp³-hybridized carbons (Fsp3) is 0.400. The Balaban J connectivity index is 2.90. The fourth-order valence-corrected chi connectivity index (χ4v) is 1.23. The molecule has 0 radical (unpaired) electrons. The molecule has 74 valence electrons. The maximum Gasteiger partial charge on any atom is 0.257 e. The van der Waals surface area contributed by atoms with Crippen molar-refractivity contribution in [3.8, 4) is 6.07 Å². The van der Waals surface area contributed by atoms with Gasteiger partial charge in [0.05, 0.1) is 11.6 Å². The van der Waals surface area contributed by atoms with Crippen LogP contribution in [0.1, 0.15) is 21.9 Å². The summed E-state index contributed by atoms with van der Waals surface area (Å²) in [6, 6.07) is 3.60. The molecular weight excluding hydrogens is 180 g/mol. The summed E-state index contributed by atoms with van der Waals surface area (Å²) in [5.41, 5.74) is 0.528. The van der Waals surface area contributed by atoms with Crippen molar-refractivity contribution in [2.45, 2.75) is 13.8 Å². The van der Waals surface area contributed by atoms with Crippen molar-refractivity contribution in [2.24, 2.45) is 0 Å². The molecule has 0 aliphatic rings. The molecule has 1 amide bonds. The molecule has 0 spiro atoms. The molecule has 0 N–H and O–H groups in total. The van der Waals surface area contributed by atoms with E-state index in [9.17, 15) is 4.79 Å². The largest absolute Gasteiger partial charge is 0.466 e. The minimum atomic E-state index is -0.180. The molecule has 0 saturated heterocycles. The van der Waals surface area contributed by atoms with Crippen LogP contribution in [0.4, 0.5) is 0 Å². The van der Waals surface area contributed by atoms with E-state index in [1.165, 1.54) is 4.90 Å². The number of hydrogen-bond donors (Lipinski definition) is 0. The predicted molar refractivity (Wildman–Crippen MR) is 50.8 cm³/mol. The van der Waals surface area contributed by atoms with Crippen LogP contribution in [0.5, 0.6) is 0 Å². The molecule has 0 aliphatic carbocycles. The number of carbonyl (C=O) groups is 1. The van der Waals surface area contributed by atoms with Gasteiger partial charge in [0.25, 0.3) is 5.91 Å². The Bertz CT molecular complexity index is 387. The first-order valence-corrected chi connectivity index (χ1v) is 4.25. The van der Waals surface area contributed by atoms with Gasteiger partial charge in [0.1, 0.15) is 18.1 Å². The van der Waals surface area contributed by atoms with Crippen LogP contribution < -0.4 is 0 Å². The fourth-order valence-electron chi connectivity index (χ4n) is 1.23. The van der Waals surface area contributed by atoms with Crippen LogP contribution >= 0.6 is 0 Å². The first kappa shape index (κ1) is 10.3. The average molecular weight is 192 g/mol. The van der Waals surface area contributed by atoms with Crippen molar-refractivity contribution in [1.82, 2.24) is 4.90 Å². The lowest BCUT2D eigenvalue weighted by Crippen LogP contribution is -2.27. The Morgan fingerprint density at radius 3 is 2.71 bits per heavy atom. The molecule has 0 fully saturated rings. The van der Waals surface area contributed by atoms with Gasteiger partial charge >= 0.3 is 0 Å². The summed E-state index contributed by atoms with van der Waals surface area (Å²) < 4.78 is 5.23. The molecule has 1 rings (SSSR count). The first-order valence-electron chi connectivity index (χ1n) is 4.25. The third-order valence-electron chi connectivity index (χ3n) is 1.93. The Morgan fingerprint density at radius 2 is 2.29 bits per heavy atom. The van der Waals surface area contributed by atoms with E-state index >= 15 is 0 Å². The van der Waals surface area contributed by atoms with E-state index in [2.05, 4.69) is 0 Å². The highest BCUT2D eigenvalue weighted by molar-refractivity contribution is 5.95. The summed E-state index contributed by atoms with van der Waals surface area (Å²) in [5.74, 6) is 1.12. The van der Waals surface area contributed by atoms with E-state index in [0.29, 0.717) is 17.1 Å². The summed E-state index contributed by atoms with van der Waals surface area (Å²) in [4.78, 5) is 13.0. The van der Waals surface area contributed by atoms with Crippen molar-refractivity contribution in [1.29, 1.82) is 5.26 Å². The van der Waals surface area contributed by atoms with Crippen LogP contribution in [-0.4, -0.2) is 24.4 Å². The number of nitrogens with zero attached hydrogens (tertiary/aromatic N) is 2. The normalized spacial score (nSPS) is 9.57. The van der Waals surface area contributed by atoms with Crippen molar-refractivity contribution >= 4 is 5.91 Å². The number of nitriles is 1. The van der Waals surface area contributed by atoms with Gasteiger partial charge in [0.15, 0.2) is 0 Å². The standard InChI is InChI=1S/C10H12N2O2/c1-7-6-9(8(2)14-7)10(13)12(3)5-4-11/h6H,5H2,1-3H3. The highest BCUT2D eigenvalue weighted by Crippen LogP contribution is 2.15. The Hall–Kier alpha value is -1.76. The molecule has 1 aromatic rings. The lowest BCUT2D eigenvalue weighted by Gasteiger charge is -2.11. The number of aryl methyl sites for hydroxylation is 2. The minimum Gasteiger partial charge on any atom is -0.466 e. The highest BCUT2D eigenvalue weighted by atomic mass is 16.3. The van der Waals surface area contributed by atoms with Gasteiger partial charge in [-0.05, 0) is 19.9 Å². The quantitative estimate of drug-likeness (QED) is 0.667. The Kier molecular flexibility index (Phi) is 2.92. The SMILES string of the molecule is Cc1cc(C(=O)N(C)CC#N)c(C)o1. The molecule has 0 saturated carbocycles. The molecule has 0 aliphatic heterocycles. The molecule has 0 aromatic carbocycles. The minimum absolute atomic E-state index is 0.0858. The predicted octanol–water partition coefficient (Wildman–Crippen LogP) is 1.49. The summed E-state index contributed by atoms with van der Waals surface area (Å²) in [5, 5.41) is 8.44. The van der Waals surface area contributed by atoms with Crippen LogP contribution in [-0.2, 0) is 0 Å². The lowest BCUT2D eigenvalue weighted by atomic mass is 10.2. The maximum atomic E-state index is 11.7. The molecule has 0 unspecified atom stereocenters. The van der Waals surface area contributed by atoms with E-state index in [0.717, 1.165) is 0 Å². The van der Waals surface area contributed by atoms with Gasteiger partial charge in [-0.15, -0.1) is 0 Å². The number of amides is 1. The maximum absolute atomic E-state index is 11.7. The van der Waals surface area contributed by atoms with Gasteiger partial charge in [0, 0.05) is 7.05 Å². The van der Waals surface area contributed by atoms with Gasteiger partial charge in [-0.2, -0.15) is 5.26 Å². The number of furan rings is 1. The molecule has 4 nitrogen and oxygen atoms in total. The van der Waals surface area contributed by atoms with Gasteiger partial charge < -0.3 is 9.32 Å². The lowest BCUT2D eigenvalue weighted by molar-refractivity contribution is 0.0810. The summed E-state index contributed by atoms with van der Waals surface area (Å²) in [7, 11) is 1.59. The molecule has 1 aromatic heterocycles. The number of carbonyl (C=O) groups excluding carboxylic acids is 1. The Morgan fingerprint density at radius 1 is 1.64 bits per heavy atom. The summed E-state index contributed by atoms with van der Waals surface area (Å²) in [6.07, 6.45) is 0. The van der Waals surface area contributed by atoms with E-state index in [-0.39, 0.29) is 12.5 Å². The van der Waals surface area contributed by atoms with Crippen LogP contribution in [0, 0.1) is 25.2 Å². The van der Waals surface area contributed by atoms with Crippen LogP contribution in [0.2, 0.25) is 0 Å². The van der Waals surface area contributed by atoms with Crippen molar-refractivity contribution in [3.05, 3.63) is 23.2 Å². The molecule has 0 bridgehead atoms. The van der Waals surface area contributed by atoms with Gasteiger partial charge in [-0.3, -0.25) is 4.79 Å². The summed E-state index contributed by atoms with van der Waals surface area (Å²) >= 11 is 0. The zero-order valence-electron chi connectivity index (χ0n) is 8.50. The zero-order chi connectivity index (χ0) is 10.7. The van der Waals surface area contributed by atoms with E-state index in [1.807, 2.05) is 6.07 Å². The van der Waals surface area contributed by atoms with Crippen molar-refractivity contribution in [3.63, 3.8) is 0 Å². The molecule has 1 heterocycles. The van der Waals surface area contributed by atoms with Crippen LogP contribution in [0.3, 0.4) is 0 Å². The Labute approximate surface area is 82.7 Å². The number of rotatable bonds is 2. The molecular formula is C10H12N2O2. The van der Waals surface area contributed by atoms with Crippen molar-refractivity contribution in [2.75, 3.05) is 13.6 Å². The third kappa shape index (κ3) is 1.94. The van der Waals surface area contributed by atoms with E-state index < -0.39 is 0 Å². The summed E-state index contributed by atoms with van der Waals surface area (Å²) in [6.45, 7) is 3.61. The van der Waals surface area contributed by atoms with E-state index in [1.54, 1.807) is 27.0 Å². The second kappa shape index (κ2) is 3.97. The highest BCUT2D eigenvalue weighted by Gasteiger charge is 2.16. The van der Waals surface area contributed by atoms with Crippen LogP contribution in [0.15, 0.2) is 10.5 Å². The number of hydrogen-bond acceptors (Lipinski definition) is 3. The third-order valence-corrected chi connectivity index (χ3v) is 1.93. The zero-order valence-corrected chi connectivity index (χ0v) is 8.50. The van der Waals surface area contributed by atoms with Crippen LogP contribution in [0.25, 0.3) is 0 Å².